The van der Waals surface area contributed by atoms with E-state index in [1.165, 1.54) is 0 Å². The molecule has 0 aliphatic heterocycles. The molecule has 0 saturated heterocycles. The summed E-state index contributed by atoms with van der Waals surface area (Å²) in [5.74, 6) is 0. The van der Waals surface area contributed by atoms with Crippen molar-refractivity contribution < 1.29 is 4.74 Å². The van der Waals surface area contributed by atoms with Gasteiger partial charge in [-0.05, 0) is 40.3 Å². The van der Waals surface area contributed by atoms with Crippen LogP contribution in [0.3, 0.4) is 0 Å². The van der Waals surface area contributed by atoms with Crippen LogP contribution >= 0.6 is 38.9 Å². The van der Waals surface area contributed by atoms with Crippen molar-refractivity contribution >= 4 is 38.9 Å². The Balaban J connectivity index is 2.43. The number of aryl methyl sites for hydroxylation is 1. The first-order valence-corrected chi connectivity index (χ1v) is 8.82. The van der Waals surface area contributed by atoms with E-state index < -0.39 is 0 Å². The van der Waals surface area contributed by atoms with Gasteiger partial charge < -0.3 is 10.1 Å². The Bertz CT molecular complexity index is 599. The van der Waals surface area contributed by atoms with Gasteiger partial charge in [0.1, 0.15) is 0 Å². The van der Waals surface area contributed by atoms with E-state index in [1.807, 2.05) is 17.8 Å². The average molecular weight is 393 g/mol. The van der Waals surface area contributed by atoms with E-state index in [0.29, 0.717) is 13.2 Å². The van der Waals surface area contributed by atoms with Crippen LogP contribution in [-0.2, 0) is 11.3 Å². The number of nitrogens with zero attached hydrogens (tertiary/aromatic N) is 2. The third-order valence-electron chi connectivity index (χ3n) is 3.21. The second-order valence-corrected chi connectivity index (χ2v) is 6.82. The van der Waals surface area contributed by atoms with Crippen LogP contribution in [0.4, 0.5) is 0 Å². The summed E-state index contributed by atoms with van der Waals surface area (Å²) in [7, 11) is 1.69. The molecule has 2 aromatic rings. The zero-order chi connectivity index (χ0) is 15.4. The highest BCUT2D eigenvalue weighted by molar-refractivity contribution is 9.10. The fourth-order valence-electron chi connectivity index (χ4n) is 2.18. The lowest BCUT2D eigenvalue weighted by Crippen LogP contribution is -2.25. The molecular weight excluding hydrogens is 374 g/mol. The van der Waals surface area contributed by atoms with E-state index in [-0.39, 0.29) is 6.04 Å². The molecular formula is C14H19BrClN3OS. The number of hydrogen-bond acceptors (Lipinski definition) is 4. The largest absolute Gasteiger partial charge is 0.383 e. The van der Waals surface area contributed by atoms with Crippen LogP contribution in [0.25, 0.3) is 0 Å². The predicted molar refractivity (Wildman–Crippen MR) is 91.4 cm³/mol. The summed E-state index contributed by atoms with van der Waals surface area (Å²) in [6, 6.07) is 0.0231. The second-order valence-electron chi connectivity index (χ2n) is 4.68. The summed E-state index contributed by atoms with van der Waals surface area (Å²) in [5, 5.41) is 10.9. The van der Waals surface area contributed by atoms with Crippen LogP contribution in [0.2, 0.25) is 5.02 Å². The molecule has 0 fully saturated rings. The van der Waals surface area contributed by atoms with E-state index in [1.54, 1.807) is 18.4 Å². The standard InChI is InChI=1S/C14H19BrClN3OS/c1-4-17-12(14-11(16)9(2)8-21-14)13-10(15)7-18-19(13)5-6-20-3/h7-8,12,17H,4-6H2,1-3H3. The number of halogens is 2. The summed E-state index contributed by atoms with van der Waals surface area (Å²) in [5.41, 5.74) is 2.19. The molecule has 0 bridgehead atoms. The summed E-state index contributed by atoms with van der Waals surface area (Å²) in [6.07, 6.45) is 1.82. The highest BCUT2D eigenvalue weighted by atomic mass is 79.9. The quantitative estimate of drug-likeness (QED) is 0.773. The van der Waals surface area contributed by atoms with Crippen LogP contribution < -0.4 is 5.32 Å². The van der Waals surface area contributed by atoms with Gasteiger partial charge in [-0.3, -0.25) is 4.68 Å². The third-order valence-corrected chi connectivity index (χ3v) is 5.60. The van der Waals surface area contributed by atoms with Gasteiger partial charge in [-0.15, -0.1) is 11.3 Å². The lowest BCUT2D eigenvalue weighted by atomic mass is 10.1. The van der Waals surface area contributed by atoms with Crippen molar-refractivity contribution in [3.63, 3.8) is 0 Å². The molecule has 0 aromatic carbocycles. The summed E-state index contributed by atoms with van der Waals surface area (Å²) < 4.78 is 8.11. The smallest absolute Gasteiger partial charge is 0.0868 e. The first-order valence-electron chi connectivity index (χ1n) is 6.77. The van der Waals surface area contributed by atoms with Gasteiger partial charge >= 0.3 is 0 Å². The number of rotatable bonds is 7. The minimum absolute atomic E-state index is 0.0231. The minimum atomic E-state index is 0.0231. The molecule has 0 saturated carbocycles. The van der Waals surface area contributed by atoms with Crippen LogP contribution in [-0.4, -0.2) is 30.0 Å². The molecule has 4 nitrogen and oxygen atoms in total. The Morgan fingerprint density at radius 1 is 1.57 bits per heavy atom. The fraction of sp³-hybridized carbons (Fsp3) is 0.500. The predicted octanol–water partition coefficient (Wildman–Crippen LogP) is 4.01. The van der Waals surface area contributed by atoms with Gasteiger partial charge in [-0.25, -0.2) is 0 Å². The van der Waals surface area contributed by atoms with Crippen LogP contribution in [0.5, 0.6) is 0 Å². The average Bonchev–Trinajstić information content (AvgIpc) is 2.99. The van der Waals surface area contributed by atoms with Crippen molar-refractivity contribution in [1.29, 1.82) is 0 Å². The minimum Gasteiger partial charge on any atom is -0.383 e. The number of nitrogens with one attached hydrogen (secondary N) is 1. The molecule has 0 amide bonds. The van der Waals surface area contributed by atoms with Crippen LogP contribution in [0, 0.1) is 6.92 Å². The highest BCUT2D eigenvalue weighted by Gasteiger charge is 2.25. The molecule has 0 aliphatic carbocycles. The molecule has 1 N–H and O–H groups in total. The van der Waals surface area contributed by atoms with Crippen molar-refractivity contribution in [1.82, 2.24) is 15.1 Å². The number of thiophene rings is 1. The molecule has 0 spiro atoms. The summed E-state index contributed by atoms with van der Waals surface area (Å²) >= 11 is 11.7. The van der Waals surface area contributed by atoms with Crippen molar-refractivity contribution in [3.8, 4) is 0 Å². The van der Waals surface area contributed by atoms with Gasteiger partial charge in [-0.2, -0.15) is 5.10 Å². The third kappa shape index (κ3) is 3.68. The molecule has 7 heteroatoms. The van der Waals surface area contributed by atoms with Crippen molar-refractivity contribution in [3.05, 3.63) is 37.2 Å². The zero-order valence-corrected chi connectivity index (χ0v) is 15.5. The molecule has 2 rings (SSSR count). The normalized spacial score (nSPS) is 12.8. The van der Waals surface area contributed by atoms with Gasteiger partial charge in [0.25, 0.3) is 0 Å². The van der Waals surface area contributed by atoms with E-state index >= 15 is 0 Å². The second kappa shape index (κ2) is 7.74. The Hall–Kier alpha value is -0.400. The van der Waals surface area contributed by atoms with E-state index in [4.69, 9.17) is 16.3 Å². The van der Waals surface area contributed by atoms with E-state index in [9.17, 15) is 0 Å². The molecule has 0 radical (unpaired) electrons. The summed E-state index contributed by atoms with van der Waals surface area (Å²) in [6.45, 7) is 6.30. The molecule has 1 unspecified atom stereocenters. The van der Waals surface area contributed by atoms with Crippen molar-refractivity contribution in [2.45, 2.75) is 26.4 Å². The first kappa shape index (κ1) is 17.0. The van der Waals surface area contributed by atoms with Gasteiger partial charge in [0, 0.05) is 12.0 Å². The van der Waals surface area contributed by atoms with Gasteiger partial charge in [0.2, 0.25) is 0 Å². The topological polar surface area (TPSA) is 39.1 Å². The molecule has 2 aromatic heterocycles. The van der Waals surface area contributed by atoms with Gasteiger partial charge in [-0.1, -0.05) is 18.5 Å². The number of ether oxygens (including phenoxy) is 1. The molecule has 1 atom stereocenters. The van der Waals surface area contributed by atoms with Crippen LogP contribution in [0.15, 0.2) is 16.0 Å². The monoisotopic (exact) mass is 391 g/mol. The maximum Gasteiger partial charge on any atom is 0.0868 e. The molecule has 2 heterocycles. The SMILES string of the molecule is CCNC(c1scc(C)c1Cl)c1c(Br)cnn1CCOC. The maximum absolute atomic E-state index is 6.47. The lowest BCUT2D eigenvalue weighted by molar-refractivity contribution is 0.182. The fourth-order valence-corrected chi connectivity index (χ4v) is 4.08. The molecule has 116 valence electrons. The highest BCUT2D eigenvalue weighted by Crippen LogP contribution is 2.38. The number of methoxy groups -OCH3 is 1. The Labute approximate surface area is 142 Å². The Kier molecular flexibility index (Phi) is 6.25. The van der Waals surface area contributed by atoms with Crippen molar-refractivity contribution in [2.24, 2.45) is 0 Å². The number of aromatic nitrogens is 2. The Morgan fingerprint density at radius 3 is 2.90 bits per heavy atom. The molecule has 0 aliphatic rings. The lowest BCUT2D eigenvalue weighted by Gasteiger charge is -2.20. The zero-order valence-electron chi connectivity index (χ0n) is 12.3. The number of hydrogen-bond donors (Lipinski definition) is 1. The van der Waals surface area contributed by atoms with E-state index in [0.717, 1.165) is 32.2 Å². The van der Waals surface area contributed by atoms with E-state index in [2.05, 4.69) is 38.6 Å². The Morgan fingerprint density at radius 2 is 2.33 bits per heavy atom. The van der Waals surface area contributed by atoms with Gasteiger partial charge in [0.15, 0.2) is 0 Å². The molecule has 21 heavy (non-hydrogen) atoms. The summed E-state index contributed by atoms with van der Waals surface area (Å²) in [4.78, 5) is 1.12. The maximum atomic E-state index is 6.47. The van der Waals surface area contributed by atoms with Crippen molar-refractivity contribution in [2.75, 3.05) is 20.3 Å². The van der Waals surface area contributed by atoms with Crippen LogP contribution in [0.1, 0.15) is 29.1 Å². The van der Waals surface area contributed by atoms with Gasteiger partial charge in [0.05, 0.1) is 40.6 Å². The first-order chi connectivity index (χ1) is 10.1.